The molecule has 1 fully saturated rings. The van der Waals surface area contributed by atoms with E-state index in [4.69, 9.17) is 9.57 Å². The molecule has 0 N–H and O–H groups in total. The molecule has 1 atom stereocenters. The van der Waals surface area contributed by atoms with Crippen molar-refractivity contribution in [2.45, 2.75) is 25.4 Å². The number of methoxy groups -OCH3 is 1. The molecule has 2 aliphatic rings. The molecule has 4 rings (SSSR count). The summed E-state index contributed by atoms with van der Waals surface area (Å²) in [6, 6.07) is 17.4. The van der Waals surface area contributed by atoms with Crippen molar-refractivity contribution in [2.24, 2.45) is 5.16 Å². The van der Waals surface area contributed by atoms with Crippen LogP contribution in [0.2, 0.25) is 0 Å². The largest absolute Gasteiger partial charge is 0.496 e. The monoisotopic (exact) mass is 421 g/mol. The van der Waals surface area contributed by atoms with Gasteiger partial charge in [0.15, 0.2) is 0 Å². The van der Waals surface area contributed by atoms with Gasteiger partial charge in [-0.25, -0.2) is 0 Å². The maximum atomic E-state index is 12.9. The first kappa shape index (κ1) is 20.9. The van der Waals surface area contributed by atoms with Gasteiger partial charge in [0, 0.05) is 32.6 Å². The Morgan fingerprint density at radius 1 is 0.968 bits per heavy atom. The van der Waals surface area contributed by atoms with E-state index in [1.807, 2.05) is 30.3 Å². The average molecular weight is 421 g/mol. The summed E-state index contributed by atoms with van der Waals surface area (Å²) in [4.78, 5) is 34.7. The van der Waals surface area contributed by atoms with E-state index in [0.29, 0.717) is 43.9 Å². The third-order valence-corrected chi connectivity index (χ3v) is 5.77. The molecule has 2 aliphatic heterocycles. The van der Waals surface area contributed by atoms with E-state index in [2.05, 4.69) is 17.3 Å². The second kappa shape index (κ2) is 9.64. The van der Waals surface area contributed by atoms with E-state index in [1.54, 1.807) is 29.0 Å². The number of carbonyl (C=O) groups excluding carboxylic acids is 2. The second-order valence-electron chi connectivity index (χ2n) is 7.76. The van der Waals surface area contributed by atoms with Crippen molar-refractivity contribution in [1.29, 1.82) is 0 Å². The highest BCUT2D eigenvalue weighted by Crippen LogP contribution is 2.21. The number of para-hydroxylation sites is 1. The Kier molecular flexibility index (Phi) is 6.50. The third-order valence-electron chi connectivity index (χ3n) is 5.77. The van der Waals surface area contributed by atoms with Gasteiger partial charge >= 0.3 is 0 Å². The van der Waals surface area contributed by atoms with Gasteiger partial charge in [0.2, 0.25) is 6.10 Å². The number of amides is 2. The van der Waals surface area contributed by atoms with Crippen LogP contribution in [0.3, 0.4) is 0 Å². The molecule has 7 nitrogen and oxygen atoms in total. The summed E-state index contributed by atoms with van der Waals surface area (Å²) in [5.74, 6) is 0.432. The fraction of sp³-hybridized carbons (Fsp3) is 0.375. The van der Waals surface area contributed by atoms with Crippen molar-refractivity contribution in [3.8, 4) is 5.75 Å². The Labute approximate surface area is 182 Å². The van der Waals surface area contributed by atoms with Crippen molar-refractivity contribution in [3.63, 3.8) is 0 Å². The van der Waals surface area contributed by atoms with Crippen molar-refractivity contribution >= 4 is 17.5 Å². The molecule has 2 amide bonds. The molecule has 0 spiro atoms. The minimum atomic E-state index is -0.553. The van der Waals surface area contributed by atoms with Gasteiger partial charge in [-0.1, -0.05) is 47.6 Å². The van der Waals surface area contributed by atoms with Gasteiger partial charge in [-0.15, -0.1) is 0 Å². The molecule has 162 valence electrons. The number of hydrogen-bond donors (Lipinski definition) is 0. The Morgan fingerprint density at radius 2 is 1.65 bits per heavy atom. The fourth-order valence-corrected chi connectivity index (χ4v) is 3.97. The Bertz CT molecular complexity index is 952. The maximum absolute atomic E-state index is 12.9. The average Bonchev–Trinajstić information content (AvgIpc) is 3.31. The lowest BCUT2D eigenvalue weighted by molar-refractivity contribution is -0.143. The Morgan fingerprint density at radius 3 is 2.39 bits per heavy atom. The van der Waals surface area contributed by atoms with Gasteiger partial charge in [0.1, 0.15) is 5.75 Å². The number of ether oxygens (including phenoxy) is 1. The molecular weight excluding hydrogens is 394 g/mol. The minimum Gasteiger partial charge on any atom is -0.496 e. The molecule has 7 heteroatoms. The van der Waals surface area contributed by atoms with Gasteiger partial charge in [-0.05, 0) is 30.5 Å². The number of nitrogens with zero attached hydrogens (tertiary/aromatic N) is 3. The van der Waals surface area contributed by atoms with Crippen LogP contribution in [0.4, 0.5) is 0 Å². The highest BCUT2D eigenvalue weighted by molar-refractivity contribution is 5.97. The van der Waals surface area contributed by atoms with Gasteiger partial charge in [0.25, 0.3) is 11.8 Å². The number of hydrogen-bond acceptors (Lipinski definition) is 5. The van der Waals surface area contributed by atoms with Gasteiger partial charge < -0.3 is 19.4 Å². The van der Waals surface area contributed by atoms with Crippen LogP contribution >= 0.6 is 0 Å². The lowest BCUT2D eigenvalue weighted by atomic mass is 10.0. The Balaban J connectivity index is 1.26. The molecule has 2 aromatic rings. The summed E-state index contributed by atoms with van der Waals surface area (Å²) in [5.41, 5.74) is 2.71. The molecule has 0 bridgehead atoms. The van der Waals surface area contributed by atoms with Crippen LogP contribution in [-0.4, -0.2) is 66.7 Å². The first-order valence-electron chi connectivity index (χ1n) is 10.6. The number of oxime groups is 1. The molecule has 0 aromatic heterocycles. The number of benzene rings is 2. The smallest absolute Gasteiger partial charge is 0.267 e. The standard InChI is InChI=1S/C24H27N3O4/c1-30-21-10-6-5-9-20(21)23(28)26-13-15-27(16-14-26)24(29)22-17-19(25-31-22)12-11-18-7-3-2-4-8-18/h2-10,22H,11-17H2,1H3/t22-/m0/s1. The number of carbonyl (C=O) groups is 2. The predicted octanol–water partition coefficient (Wildman–Crippen LogP) is 2.76. The predicted molar refractivity (Wildman–Crippen MR) is 117 cm³/mol. The summed E-state index contributed by atoms with van der Waals surface area (Å²) in [6.45, 7) is 1.94. The van der Waals surface area contributed by atoms with E-state index in [-0.39, 0.29) is 11.8 Å². The summed E-state index contributed by atoms with van der Waals surface area (Å²) < 4.78 is 5.30. The molecule has 0 unspecified atom stereocenters. The van der Waals surface area contributed by atoms with Crippen LogP contribution in [0, 0.1) is 0 Å². The van der Waals surface area contributed by atoms with Gasteiger partial charge in [-0.2, -0.15) is 0 Å². The normalized spacial score (nSPS) is 18.4. The van der Waals surface area contributed by atoms with Crippen LogP contribution in [0.5, 0.6) is 5.75 Å². The van der Waals surface area contributed by atoms with Crippen LogP contribution in [0.25, 0.3) is 0 Å². The molecule has 0 radical (unpaired) electrons. The maximum Gasteiger partial charge on any atom is 0.267 e. The van der Waals surface area contributed by atoms with Crippen molar-refractivity contribution < 1.29 is 19.2 Å². The van der Waals surface area contributed by atoms with E-state index in [1.165, 1.54) is 5.56 Å². The highest BCUT2D eigenvalue weighted by Gasteiger charge is 2.34. The zero-order valence-corrected chi connectivity index (χ0v) is 17.7. The van der Waals surface area contributed by atoms with Gasteiger partial charge in [-0.3, -0.25) is 9.59 Å². The fourth-order valence-electron chi connectivity index (χ4n) is 3.97. The quantitative estimate of drug-likeness (QED) is 0.719. The number of aryl methyl sites for hydroxylation is 1. The lowest BCUT2D eigenvalue weighted by Gasteiger charge is -2.35. The topological polar surface area (TPSA) is 71.4 Å². The zero-order valence-electron chi connectivity index (χ0n) is 17.7. The van der Waals surface area contributed by atoms with Gasteiger partial charge in [0.05, 0.1) is 18.4 Å². The molecule has 2 aromatic carbocycles. The summed E-state index contributed by atoms with van der Waals surface area (Å²) >= 11 is 0. The van der Waals surface area contributed by atoms with Crippen molar-refractivity contribution in [2.75, 3.05) is 33.3 Å². The molecule has 31 heavy (non-hydrogen) atoms. The van der Waals surface area contributed by atoms with Crippen LogP contribution in [0.15, 0.2) is 59.8 Å². The van der Waals surface area contributed by atoms with Crippen LogP contribution < -0.4 is 4.74 Å². The number of piperazine rings is 1. The first-order valence-corrected chi connectivity index (χ1v) is 10.6. The zero-order chi connectivity index (χ0) is 21.6. The van der Waals surface area contributed by atoms with E-state index in [9.17, 15) is 9.59 Å². The highest BCUT2D eigenvalue weighted by atomic mass is 16.6. The van der Waals surface area contributed by atoms with E-state index in [0.717, 1.165) is 18.6 Å². The van der Waals surface area contributed by atoms with Crippen molar-refractivity contribution in [3.05, 3.63) is 65.7 Å². The van der Waals surface area contributed by atoms with Crippen molar-refractivity contribution in [1.82, 2.24) is 9.80 Å². The molecular formula is C24H27N3O4. The van der Waals surface area contributed by atoms with Crippen LogP contribution in [0.1, 0.15) is 28.8 Å². The van der Waals surface area contributed by atoms with E-state index >= 15 is 0 Å². The summed E-state index contributed by atoms with van der Waals surface area (Å²) in [5, 5.41) is 4.14. The molecule has 2 heterocycles. The van der Waals surface area contributed by atoms with Crippen LogP contribution in [-0.2, 0) is 16.1 Å². The molecule has 0 saturated carbocycles. The summed E-state index contributed by atoms with van der Waals surface area (Å²) in [7, 11) is 1.56. The second-order valence-corrected chi connectivity index (χ2v) is 7.76. The third kappa shape index (κ3) is 4.87. The Hall–Kier alpha value is -3.35. The van der Waals surface area contributed by atoms with E-state index < -0.39 is 6.10 Å². The minimum absolute atomic E-state index is 0.0529. The lowest BCUT2D eigenvalue weighted by Crippen LogP contribution is -2.53. The molecule has 0 aliphatic carbocycles. The first-order chi connectivity index (χ1) is 15.2. The number of rotatable bonds is 6. The molecule has 1 saturated heterocycles. The summed E-state index contributed by atoms with van der Waals surface area (Å²) in [6.07, 6.45) is 1.65. The SMILES string of the molecule is COc1ccccc1C(=O)N1CCN(C(=O)[C@@H]2CC(CCc3ccccc3)=NO2)CC1.